The fourth-order valence-corrected chi connectivity index (χ4v) is 7.14. The van der Waals surface area contributed by atoms with Crippen LogP contribution in [0.25, 0.3) is 0 Å². The molecule has 1 aliphatic carbocycles. The highest BCUT2D eigenvalue weighted by atomic mass is 31.2. The molecule has 302 valence electrons. The minimum Gasteiger partial charge on any atom is -0.462 e. The van der Waals surface area contributed by atoms with Gasteiger partial charge in [0, 0.05) is 12.8 Å². The summed E-state index contributed by atoms with van der Waals surface area (Å²) in [4.78, 5) is 35.4. The van der Waals surface area contributed by atoms with E-state index in [4.69, 9.17) is 18.5 Å². The lowest BCUT2D eigenvalue weighted by Crippen LogP contribution is -2.64. The molecule has 0 heterocycles. The average Bonchev–Trinajstić information content (AvgIpc) is 3.10. The third kappa shape index (κ3) is 22.6. The van der Waals surface area contributed by atoms with E-state index in [0.29, 0.717) is 12.8 Å². The van der Waals surface area contributed by atoms with Crippen LogP contribution in [0.5, 0.6) is 0 Å². The first-order valence-corrected chi connectivity index (χ1v) is 21.3. The van der Waals surface area contributed by atoms with Crippen LogP contribution >= 0.6 is 7.82 Å². The van der Waals surface area contributed by atoms with E-state index < -0.39 is 75.7 Å². The molecule has 0 spiro atoms. The van der Waals surface area contributed by atoms with E-state index in [1.54, 1.807) is 0 Å². The van der Waals surface area contributed by atoms with Crippen molar-refractivity contribution in [3.63, 3.8) is 0 Å². The first kappa shape index (κ1) is 47.9. The molecular formula is C37H71O13P. The van der Waals surface area contributed by atoms with Crippen LogP contribution in [0.2, 0.25) is 0 Å². The van der Waals surface area contributed by atoms with E-state index in [1.807, 2.05) is 0 Å². The van der Waals surface area contributed by atoms with E-state index in [-0.39, 0.29) is 12.8 Å². The highest BCUT2D eigenvalue weighted by Gasteiger charge is 2.51. The quantitative estimate of drug-likeness (QED) is 0.0258. The minimum absolute atomic E-state index is 0.103. The lowest BCUT2D eigenvalue weighted by Gasteiger charge is -2.41. The first-order valence-electron chi connectivity index (χ1n) is 19.8. The summed E-state index contributed by atoms with van der Waals surface area (Å²) in [6, 6.07) is 0. The van der Waals surface area contributed by atoms with Crippen LogP contribution in [0.1, 0.15) is 168 Å². The first-order chi connectivity index (χ1) is 24.4. The van der Waals surface area contributed by atoms with Gasteiger partial charge in [-0.25, -0.2) is 4.57 Å². The van der Waals surface area contributed by atoms with Crippen molar-refractivity contribution in [1.82, 2.24) is 0 Å². The Kier molecular flexibility index (Phi) is 27.4. The summed E-state index contributed by atoms with van der Waals surface area (Å²) in [5.41, 5.74) is 0. The molecule has 14 heteroatoms. The Morgan fingerprint density at radius 1 is 0.529 bits per heavy atom. The van der Waals surface area contributed by atoms with Crippen molar-refractivity contribution in [2.45, 2.75) is 211 Å². The third-order valence-corrected chi connectivity index (χ3v) is 10.4. The van der Waals surface area contributed by atoms with Crippen molar-refractivity contribution in [3.05, 3.63) is 0 Å². The number of hydrogen-bond donors (Lipinski definition) is 6. The third-order valence-electron chi connectivity index (χ3n) is 9.45. The van der Waals surface area contributed by atoms with Gasteiger partial charge in [-0.2, -0.15) is 0 Å². The molecular weight excluding hydrogens is 683 g/mol. The standard InChI is InChI=1S/C37H71O13P/c1-3-5-7-9-11-13-15-17-19-21-23-25-30(38)47-27-29(49-31(39)26-24-22-20-18-16-14-12-10-8-6-4-2)28-48-51(45,46)50-37-35(43)33(41)32(40)34(42)36(37)44/h29,32-37,40-44H,3-28H2,1-2H3,(H,45,46)/t29-,32?,33-,34?,35?,36?,37?/m1/s1. The van der Waals surface area contributed by atoms with Gasteiger partial charge in [0.1, 0.15) is 43.2 Å². The molecule has 1 saturated carbocycles. The predicted molar refractivity (Wildman–Crippen MR) is 194 cm³/mol. The van der Waals surface area contributed by atoms with Gasteiger partial charge in [0.2, 0.25) is 0 Å². The highest BCUT2D eigenvalue weighted by Crippen LogP contribution is 2.47. The minimum atomic E-state index is -5.10. The van der Waals surface area contributed by atoms with Crippen molar-refractivity contribution >= 4 is 19.8 Å². The fraction of sp³-hybridized carbons (Fsp3) is 0.946. The molecule has 8 atom stereocenters. The summed E-state index contributed by atoms with van der Waals surface area (Å²) in [7, 11) is -5.10. The maximum atomic E-state index is 12.7. The number of phosphoric acid groups is 1. The van der Waals surface area contributed by atoms with E-state index in [1.165, 1.54) is 83.5 Å². The van der Waals surface area contributed by atoms with Crippen molar-refractivity contribution in [3.8, 4) is 0 Å². The summed E-state index contributed by atoms with van der Waals surface area (Å²) in [5.74, 6) is -1.09. The van der Waals surface area contributed by atoms with Gasteiger partial charge in [0.25, 0.3) is 0 Å². The summed E-state index contributed by atoms with van der Waals surface area (Å²) in [5, 5.41) is 49.9. The number of carbonyl (C=O) groups is 2. The molecule has 0 aromatic rings. The topological polar surface area (TPSA) is 210 Å². The molecule has 6 N–H and O–H groups in total. The monoisotopic (exact) mass is 754 g/mol. The maximum absolute atomic E-state index is 12.7. The van der Waals surface area contributed by atoms with Gasteiger partial charge in [-0.15, -0.1) is 0 Å². The van der Waals surface area contributed by atoms with Gasteiger partial charge in [0.05, 0.1) is 6.61 Å². The molecule has 0 radical (unpaired) electrons. The molecule has 1 fully saturated rings. The van der Waals surface area contributed by atoms with Gasteiger partial charge in [0.15, 0.2) is 6.10 Å². The van der Waals surface area contributed by atoms with E-state index in [9.17, 15) is 44.6 Å². The van der Waals surface area contributed by atoms with Gasteiger partial charge in [-0.1, -0.05) is 142 Å². The summed E-state index contributed by atoms with van der Waals surface area (Å²) in [6.45, 7) is 3.25. The van der Waals surface area contributed by atoms with Gasteiger partial charge < -0.3 is 39.9 Å². The smallest absolute Gasteiger partial charge is 0.462 e. The van der Waals surface area contributed by atoms with Gasteiger partial charge in [-0.3, -0.25) is 18.6 Å². The molecule has 0 aromatic heterocycles. The van der Waals surface area contributed by atoms with E-state index >= 15 is 0 Å². The fourth-order valence-electron chi connectivity index (χ4n) is 6.17. The second-order valence-electron chi connectivity index (χ2n) is 14.2. The van der Waals surface area contributed by atoms with Crippen LogP contribution < -0.4 is 0 Å². The Morgan fingerprint density at radius 2 is 0.882 bits per heavy atom. The molecule has 1 rings (SSSR count). The maximum Gasteiger partial charge on any atom is 0.472 e. The SMILES string of the molecule is CCCCCCCCCCCCCC(=O)OC[C@H](COP(=O)(O)OC1C(O)C(O)C(O)[C@@H](O)C1O)OC(=O)CCCCCCCCCCCCC. The molecule has 0 amide bonds. The van der Waals surface area contributed by atoms with Crippen molar-refractivity contribution in [2.75, 3.05) is 13.2 Å². The Labute approximate surface area is 306 Å². The number of hydrogen-bond acceptors (Lipinski definition) is 12. The number of aliphatic hydroxyl groups is 5. The largest absolute Gasteiger partial charge is 0.472 e. The molecule has 51 heavy (non-hydrogen) atoms. The van der Waals surface area contributed by atoms with Crippen LogP contribution in [0.4, 0.5) is 0 Å². The Bertz CT molecular complexity index is 922. The van der Waals surface area contributed by atoms with Crippen molar-refractivity contribution < 1.29 is 63.1 Å². The van der Waals surface area contributed by atoms with E-state index in [2.05, 4.69) is 13.8 Å². The molecule has 0 aliphatic heterocycles. The van der Waals surface area contributed by atoms with Crippen LogP contribution in [0, 0.1) is 0 Å². The van der Waals surface area contributed by atoms with Crippen LogP contribution in [0.15, 0.2) is 0 Å². The van der Waals surface area contributed by atoms with Crippen LogP contribution in [-0.2, 0) is 32.7 Å². The number of rotatable bonds is 32. The van der Waals surface area contributed by atoms with Gasteiger partial charge in [-0.05, 0) is 12.8 Å². The second-order valence-corrected chi connectivity index (χ2v) is 15.6. The van der Waals surface area contributed by atoms with Crippen molar-refractivity contribution in [1.29, 1.82) is 0 Å². The van der Waals surface area contributed by atoms with Crippen molar-refractivity contribution in [2.24, 2.45) is 0 Å². The summed E-state index contributed by atoms with van der Waals surface area (Å²) < 4.78 is 33.3. The average molecular weight is 755 g/mol. The zero-order valence-electron chi connectivity index (χ0n) is 31.4. The number of aliphatic hydroxyl groups excluding tert-OH is 5. The zero-order valence-corrected chi connectivity index (χ0v) is 32.3. The number of ether oxygens (including phenoxy) is 2. The number of esters is 2. The number of phosphoric ester groups is 1. The van der Waals surface area contributed by atoms with E-state index in [0.717, 1.165) is 44.9 Å². The summed E-state index contributed by atoms with van der Waals surface area (Å²) >= 11 is 0. The summed E-state index contributed by atoms with van der Waals surface area (Å²) in [6.07, 6.45) is 11.8. The highest BCUT2D eigenvalue weighted by molar-refractivity contribution is 7.47. The molecule has 0 bridgehead atoms. The Balaban J connectivity index is 2.54. The Hall–Kier alpha value is -1.15. The molecule has 6 unspecified atom stereocenters. The molecule has 0 saturated heterocycles. The van der Waals surface area contributed by atoms with Gasteiger partial charge >= 0.3 is 19.8 Å². The molecule has 13 nitrogen and oxygen atoms in total. The predicted octanol–water partition coefficient (Wildman–Crippen LogP) is 6.16. The second kappa shape index (κ2) is 29.2. The Morgan fingerprint density at radius 3 is 1.29 bits per heavy atom. The molecule has 1 aliphatic rings. The van der Waals surface area contributed by atoms with Crippen LogP contribution in [0.3, 0.4) is 0 Å². The molecule has 0 aromatic carbocycles. The lowest BCUT2D eigenvalue weighted by atomic mass is 9.85. The lowest BCUT2D eigenvalue weighted by molar-refractivity contribution is -0.220. The number of carbonyl (C=O) groups excluding carboxylic acids is 2. The van der Waals surface area contributed by atoms with Crippen LogP contribution in [-0.4, -0.2) is 98.3 Å². The zero-order chi connectivity index (χ0) is 37.9. The normalized spacial score (nSPS) is 23.8. The number of unbranched alkanes of at least 4 members (excludes halogenated alkanes) is 20.